The summed E-state index contributed by atoms with van der Waals surface area (Å²) in [6.45, 7) is 6.04. The average Bonchev–Trinajstić information content (AvgIpc) is 2.62. The number of rotatable bonds is 7. The molecule has 2 N–H and O–H groups in total. The number of aromatic nitrogens is 1. The molecule has 0 bridgehead atoms. The number of nitrogens with zero attached hydrogens (tertiary/aromatic N) is 2. The first-order valence-electron chi connectivity index (χ1n) is 8.19. The van der Waals surface area contributed by atoms with Crippen molar-refractivity contribution in [1.82, 2.24) is 15.2 Å². The predicted molar refractivity (Wildman–Crippen MR) is 104 cm³/mol. The molecule has 0 saturated heterocycles. The molecule has 0 aliphatic heterocycles. The first-order valence-corrected chi connectivity index (χ1v) is 8.94. The van der Waals surface area contributed by atoms with Crippen molar-refractivity contribution in [3.8, 4) is 0 Å². The normalized spacial score (nSPS) is 11.8. The van der Waals surface area contributed by atoms with Gasteiger partial charge in [0.1, 0.15) is 5.84 Å². The van der Waals surface area contributed by atoms with E-state index in [1.54, 1.807) is 30.5 Å². The molecule has 0 radical (unpaired) electrons. The van der Waals surface area contributed by atoms with Gasteiger partial charge in [0.2, 0.25) is 0 Å². The fourth-order valence-electron chi connectivity index (χ4n) is 2.10. The Morgan fingerprint density at radius 1 is 1.44 bits per heavy atom. The summed E-state index contributed by atoms with van der Waals surface area (Å²) in [5.41, 5.74) is 0.446. The second-order valence-electron chi connectivity index (χ2n) is 5.35. The second-order valence-corrected chi connectivity index (χ2v) is 6.20. The van der Waals surface area contributed by atoms with Crippen molar-refractivity contribution in [1.29, 1.82) is 5.41 Å². The Morgan fingerprint density at radius 3 is 2.68 bits per heavy atom. The van der Waals surface area contributed by atoms with Crippen molar-refractivity contribution < 1.29 is 4.79 Å². The molecule has 0 spiro atoms. The second kappa shape index (κ2) is 10.9. The monoisotopic (exact) mass is 382 g/mol. The Bertz CT molecular complexity index is 654. The van der Waals surface area contributed by atoms with Crippen LogP contribution < -0.4 is 5.32 Å². The molecular weight excluding hydrogens is 359 g/mol. The van der Waals surface area contributed by atoms with E-state index in [2.05, 4.69) is 10.3 Å². The number of allylic oxidation sites excluding steroid dienone is 3. The molecule has 0 fully saturated rings. The van der Waals surface area contributed by atoms with Crippen LogP contribution in [-0.4, -0.2) is 34.3 Å². The van der Waals surface area contributed by atoms with Crippen LogP contribution in [0.15, 0.2) is 41.7 Å². The van der Waals surface area contributed by atoms with E-state index in [0.29, 0.717) is 15.6 Å². The van der Waals surface area contributed by atoms with E-state index in [9.17, 15) is 4.79 Å². The van der Waals surface area contributed by atoms with E-state index >= 15 is 0 Å². The molecule has 0 atom stereocenters. The van der Waals surface area contributed by atoms with Gasteiger partial charge in [0.05, 0.1) is 5.02 Å². The molecule has 1 aromatic heterocycles. The molecule has 1 heterocycles. The fraction of sp³-hybridized carbons (Fsp3) is 0.389. The summed E-state index contributed by atoms with van der Waals surface area (Å²) >= 11 is 12.1. The van der Waals surface area contributed by atoms with Crippen molar-refractivity contribution in [2.75, 3.05) is 6.54 Å². The minimum Gasteiger partial charge on any atom is -0.335 e. The van der Waals surface area contributed by atoms with Gasteiger partial charge in [-0.05, 0) is 31.9 Å². The summed E-state index contributed by atoms with van der Waals surface area (Å²) in [4.78, 5) is 17.9. The summed E-state index contributed by atoms with van der Waals surface area (Å²) in [5, 5.41) is 12.2. The topological polar surface area (TPSA) is 69.1 Å². The summed E-state index contributed by atoms with van der Waals surface area (Å²) in [7, 11) is 0. The highest BCUT2D eigenvalue weighted by Gasteiger charge is 2.22. The number of carbonyl (C=O) groups excluding carboxylic acids is 1. The van der Waals surface area contributed by atoms with E-state index in [-0.39, 0.29) is 24.5 Å². The van der Waals surface area contributed by atoms with Gasteiger partial charge in [-0.25, -0.2) is 4.79 Å². The number of nitrogens with one attached hydrogen (secondary N) is 2. The Kier molecular flexibility index (Phi) is 9.24. The lowest BCUT2D eigenvalue weighted by Crippen LogP contribution is -2.47. The first kappa shape index (κ1) is 21.2. The number of amides is 2. The van der Waals surface area contributed by atoms with Gasteiger partial charge in [0.25, 0.3) is 0 Å². The molecule has 7 heteroatoms. The third-order valence-electron chi connectivity index (χ3n) is 3.70. The van der Waals surface area contributed by atoms with Crippen molar-refractivity contribution in [3.63, 3.8) is 0 Å². The highest BCUT2D eigenvalue weighted by Crippen LogP contribution is 2.16. The van der Waals surface area contributed by atoms with E-state index < -0.39 is 0 Å². The molecule has 0 unspecified atom stereocenters. The summed E-state index contributed by atoms with van der Waals surface area (Å²) < 4.78 is 0. The molecule has 1 aromatic rings. The molecule has 0 saturated carbocycles. The van der Waals surface area contributed by atoms with Crippen LogP contribution in [0.4, 0.5) is 4.79 Å². The SMILES string of the molecule is C/C=C(Cl)\C=C/CN(C(=N)c1ccncc1Cl)C(=O)NC(CC)CC. The van der Waals surface area contributed by atoms with E-state index in [4.69, 9.17) is 28.6 Å². The van der Waals surface area contributed by atoms with Gasteiger partial charge in [-0.2, -0.15) is 0 Å². The van der Waals surface area contributed by atoms with Gasteiger partial charge in [0, 0.05) is 35.6 Å². The highest BCUT2D eigenvalue weighted by atomic mass is 35.5. The zero-order valence-electron chi connectivity index (χ0n) is 14.7. The Labute approximate surface area is 159 Å². The average molecular weight is 383 g/mol. The maximum Gasteiger partial charge on any atom is 0.323 e. The standard InChI is InChI=1S/C18H24Cl2N4O/c1-4-13(19)8-7-11-24(18(25)23-14(5-2)6-3)17(21)15-9-10-22-12-16(15)20/h4,7-10,12,14,21H,5-6,11H2,1-3H3,(H,23,25)/b8-7-,13-4+,21-17?. The van der Waals surface area contributed by atoms with Gasteiger partial charge in [-0.3, -0.25) is 15.3 Å². The van der Waals surface area contributed by atoms with Crippen LogP contribution in [0.2, 0.25) is 5.02 Å². The molecule has 2 amide bonds. The first-order chi connectivity index (χ1) is 11.9. The van der Waals surface area contributed by atoms with E-state index in [1.165, 1.54) is 11.1 Å². The number of hydrogen-bond donors (Lipinski definition) is 2. The lowest BCUT2D eigenvalue weighted by atomic mass is 10.2. The number of urea groups is 1. The number of halogens is 2. The van der Waals surface area contributed by atoms with Crippen LogP contribution >= 0.6 is 23.2 Å². The summed E-state index contributed by atoms with van der Waals surface area (Å²) in [6.07, 6.45) is 9.81. The third-order valence-corrected chi connectivity index (χ3v) is 4.34. The highest BCUT2D eigenvalue weighted by molar-refractivity contribution is 6.34. The van der Waals surface area contributed by atoms with Gasteiger partial charge >= 0.3 is 6.03 Å². The molecule has 1 rings (SSSR count). The van der Waals surface area contributed by atoms with Crippen LogP contribution in [0.1, 0.15) is 39.2 Å². The Balaban J connectivity index is 3.05. The van der Waals surface area contributed by atoms with Crippen molar-refractivity contribution in [2.24, 2.45) is 0 Å². The molecule has 0 aliphatic rings. The number of pyridine rings is 1. The Hall–Kier alpha value is -1.85. The van der Waals surface area contributed by atoms with Gasteiger partial charge in [-0.15, -0.1) is 0 Å². The molecule has 136 valence electrons. The maximum atomic E-state index is 12.7. The van der Waals surface area contributed by atoms with Crippen LogP contribution in [0.5, 0.6) is 0 Å². The zero-order chi connectivity index (χ0) is 18.8. The van der Waals surface area contributed by atoms with Crippen molar-refractivity contribution in [3.05, 3.63) is 52.3 Å². The van der Waals surface area contributed by atoms with Gasteiger partial charge < -0.3 is 5.32 Å². The molecule has 5 nitrogen and oxygen atoms in total. The largest absolute Gasteiger partial charge is 0.335 e. The van der Waals surface area contributed by atoms with Crippen LogP contribution in [-0.2, 0) is 0 Å². The number of carbonyl (C=O) groups is 1. The summed E-state index contributed by atoms with van der Waals surface area (Å²) in [5.74, 6) is 0.0112. The maximum absolute atomic E-state index is 12.7. The van der Waals surface area contributed by atoms with Gasteiger partial charge in [-0.1, -0.05) is 49.2 Å². The molecular formula is C18H24Cl2N4O. The van der Waals surface area contributed by atoms with Crippen LogP contribution in [0.25, 0.3) is 0 Å². The van der Waals surface area contributed by atoms with Crippen LogP contribution in [0.3, 0.4) is 0 Å². The minimum atomic E-state index is -0.340. The predicted octanol–water partition coefficient (Wildman–Crippen LogP) is 4.96. The number of amidine groups is 1. The van der Waals surface area contributed by atoms with E-state index in [1.807, 2.05) is 20.8 Å². The van der Waals surface area contributed by atoms with E-state index in [0.717, 1.165) is 12.8 Å². The minimum absolute atomic E-state index is 0.0112. The summed E-state index contributed by atoms with van der Waals surface area (Å²) in [6, 6.07) is 1.33. The lowest BCUT2D eigenvalue weighted by molar-refractivity contribution is 0.218. The fourth-order valence-corrected chi connectivity index (χ4v) is 2.40. The quantitative estimate of drug-likeness (QED) is 0.397. The van der Waals surface area contributed by atoms with Crippen LogP contribution in [0, 0.1) is 5.41 Å². The third kappa shape index (κ3) is 6.52. The molecule has 0 aliphatic carbocycles. The smallest absolute Gasteiger partial charge is 0.323 e. The molecule has 25 heavy (non-hydrogen) atoms. The zero-order valence-corrected chi connectivity index (χ0v) is 16.2. The van der Waals surface area contributed by atoms with Gasteiger partial charge in [0.15, 0.2) is 0 Å². The Morgan fingerprint density at radius 2 is 2.12 bits per heavy atom. The van der Waals surface area contributed by atoms with Crippen molar-refractivity contribution >= 4 is 35.1 Å². The lowest BCUT2D eigenvalue weighted by Gasteiger charge is -2.25. The van der Waals surface area contributed by atoms with Crippen molar-refractivity contribution in [2.45, 2.75) is 39.7 Å². The molecule has 0 aromatic carbocycles. The number of hydrogen-bond acceptors (Lipinski definition) is 3.